The van der Waals surface area contributed by atoms with Gasteiger partial charge in [-0.1, -0.05) is 35.9 Å². The Bertz CT molecular complexity index is 594. The molecule has 0 radical (unpaired) electrons. The number of benzene rings is 1. The van der Waals surface area contributed by atoms with Gasteiger partial charge in [0.1, 0.15) is 0 Å². The van der Waals surface area contributed by atoms with Crippen molar-refractivity contribution >= 4 is 5.97 Å². The van der Waals surface area contributed by atoms with E-state index in [4.69, 9.17) is 18.9 Å². The van der Waals surface area contributed by atoms with Gasteiger partial charge in [0.2, 0.25) is 0 Å². The zero-order valence-electron chi connectivity index (χ0n) is 16.2. The highest BCUT2D eigenvalue weighted by Gasteiger charge is 2.34. The Morgan fingerprint density at radius 1 is 1.35 bits per heavy atom. The molecule has 1 fully saturated rings. The predicted molar refractivity (Wildman–Crippen MR) is 99.5 cm³/mol. The van der Waals surface area contributed by atoms with E-state index in [1.54, 1.807) is 6.92 Å². The molecule has 0 unspecified atom stereocenters. The molecule has 1 aliphatic rings. The SMILES string of the molecule is CCOC(=O)/C=C(\C)C[C@@H](C[C@H]1COC(C)(C)O1)OCc1ccccc1. The van der Waals surface area contributed by atoms with Crippen molar-refractivity contribution in [2.45, 2.75) is 65.1 Å². The standard InChI is InChI=1S/C21H30O5/c1-5-23-20(22)12-16(2)11-18(13-19-15-25-21(3,4)26-19)24-14-17-9-7-6-8-10-17/h6-10,12,18-19H,5,11,13-15H2,1-4H3/b16-12+/t18-,19-/m0/s1. The third-order valence-corrected chi connectivity index (χ3v) is 4.12. The second-order valence-electron chi connectivity index (χ2n) is 7.05. The quantitative estimate of drug-likeness (QED) is 0.491. The molecule has 0 amide bonds. The molecule has 1 saturated heterocycles. The minimum Gasteiger partial charge on any atom is -0.463 e. The Hall–Kier alpha value is -1.69. The highest BCUT2D eigenvalue weighted by atomic mass is 16.7. The van der Waals surface area contributed by atoms with Crippen LogP contribution in [0.3, 0.4) is 0 Å². The van der Waals surface area contributed by atoms with Crippen LogP contribution in [0.1, 0.15) is 46.1 Å². The summed E-state index contributed by atoms with van der Waals surface area (Å²) < 4.78 is 22.7. The molecule has 0 bridgehead atoms. The van der Waals surface area contributed by atoms with Gasteiger partial charge in [0.05, 0.1) is 32.0 Å². The van der Waals surface area contributed by atoms with E-state index in [-0.39, 0.29) is 18.2 Å². The smallest absolute Gasteiger partial charge is 0.330 e. The molecule has 5 heteroatoms. The Morgan fingerprint density at radius 3 is 2.69 bits per heavy atom. The molecule has 144 valence electrons. The van der Waals surface area contributed by atoms with E-state index in [1.165, 1.54) is 6.08 Å². The van der Waals surface area contributed by atoms with Crippen molar-refractivity contribution in [3.05, 3.63) is 47.5 Å². The molecule has 26 heavy (non-hydrogen) atoms. The van der Waals surface area contributed by atoms with Crippen molar-refractivity contribution in [2.24, 2.45) is 0 Å². The second-order valence-corrected chi connectivity index (χ2v) is 7.05. The summed E-state index contributed by atoms with van der Waals surface area (Å²) in [6.07, 6.45) is 2.82. The average molecular weight is 362 g/mol. The maximum absolute atomic E-state index is 11.7. The molecule has 1 aromatic rings. The van der Waals surface area contributed by atoms with E-state index in [9.17, 15) is 4.79 Å². The topological polar surface area (TPSA) is 54.0 Å². The molecule has 2 atom stereocenters. The van der Waals surface area contributed by atoms with Crippen LogP contribution in [-0.2, 0) is 30.3 Å². The lowest BCUT2D eigenvalue weighted by molar-refractivity contribution is -0.142. The van der Waals surface area contributed by atoms with Crippen molar-refractivity contribution in [3.8, 4) is 0 Å². The first-order chi connectivity index (χ1) is 12.4. The summed E-state index contributed by atoms with van der Waals surface area (Å²) in [5, 5.41) is 0. The summed E-state index contributed by atoms with van der Waals surface area (Å²) in [6.45, 7) is 9.00. The van der Waals surface area contributed by atoms with Gasteiger partial charge in [-0.2, -0.15) is 0 Å². The van der Waals surface area contributed by atoms with Crippen LogP contribution in [0.2, 0.25) is 0 Å². The molecule has 1 heterocycles. The first-order valence-electron chi connectivity index (χ1n) is 9.19. The fraction of sp³-hybridized carbons (Fsp3) is 0.571. The minimum absolute atomic E-state index is 0.0128. The molecule has 5 nitrogen and oxygen atoms in total. The predicted octanol–water partition coefficient (Wildman–Crippen LogP) is 4.01. The summed E-state index contributed by atoms with van der Waals surface area (Å²) >= 11 is 0. The lowest BCUT2D eigenvalue weighted by atomic mass is 10.0. The van der Waals surface area contributed by atoms with E-state index in [2.05, 4.69) is 0 Å². The first kappa shape index (κ1) is 20.6. The first-order valence-corrected chi connectivity index (χ1v) is 9.19. The number of hydrogen-bond donors (Lipinski definition) is 0. The Kier molecular flexibility index (Phi) is 7.82. The molecule has 1 aromatic carbocycles. The lowest BCUT2D eigenvalue weighted by Crippen LogP contribution is -2.26. The molecule has 0 saturated carbocycles. The number of hydrogen-bond acceptors (Lipinski definition) is 5. The molecular formula is C21H30O5. The van der Waals surface area contributed by atoms with E-state index in [1.807, 2.05) is 51.1 Å². The van der Waals surface area contributed by atoms with E-state index < -0.39 is 5.79 Å². The number of rotatable bonds is 9. The van der Waals surface area contributed by atoms with Crippen LogP contribution in [0.5, 0.6) is 0 Å². The summed E-state index contributed by atoms with van der Waals surface area (Å²) in [6, 6.07) is 10.1. The number of carbonyl (C=O) groups is 1. The summed E-state index contributed by atoms with van der Waals surface area (Å²) in [4.78, 5) is 11.7. The van der Waals surface area contributed by atoms with Gasteiger partial charge in [-0.15, -0.1) is 0 Å². The van der Waals surface area contributed by atoms with E-state index in [0.29, 0.717) is 32.7 Å². The Morgan fingerprint density at radius 2 is 2.08 bits per heavy atom. The van der Waals surface area contributed by atoms with Crippen LogP contribution in [0.15, 0.2) is 42.0 Å². The highest BCUT2D eigenvalue weighted by molar-refractivity contribution is 5.82. The van der Waals surface area contributed by atoms with Crippen molar-refractivity contribution in [1.82, 2.24) is 0 Å². The normalized spacial score (nSPS) is 20.8. The van der Waals surface area contributed by atoms with Gasteiger partial charge in [0.25, 0.3) is 0 Å². The Labute approximate surface area is 156 Å². The Balaban J connectivity index is 1.97. The molecule has 0 aromatic heterocycles. The zero-order chi connectivity index (χ0) is 19.0. The van der Waals surface area contributed by atoms with Gasteiger partial charge in [0.15, 0.2) is 5.79 Å². The van der Waals surface area contributed by atoms with Crippen LogP contribution in [0, 0.1) is 0 Å². The molecule has 0 aliphatic carbocycles. The average Bonchev–Trinajstić information content (AvgIpc) is 2.92. The van der Waals surface area contributed by atoms with Crippen LogP contribution in [0.25, 0.3) is 0 Å². The van der Waals surface area contributed by atoms with Crippen molar-refractivity contribution in [2.75, 3.05) is 13.2 Å². The molecule has 0 spiro atoms. The maximum atomic E-state index is 11.7. The van der Waals surface area contributed by atoms with Gasteiger partial charge in [0, 0.05) is 12.5 Å². The van der Waals surface area contributed by atoms with Crippen LogP contribution < -0.4 is 0 Å². The third-order valence-electron chi connectivity index (χ3n) is 4.12. The van der Waals surface area contributed by atoms with E-state index in [0.717, 1.165) is 11.1 Å². The minimum atomic E-state index is -0.551. The van der Waals surface area contributed by atoms with Crippen molar-refractivity contribution in [1.29, 1.82) is 0 Å². The number of ether oxygens (including phenoxy) is 4. The van der Waals surface area contributed by atoms with Gasteiger partial charge in [-0.3, -0.25) is 0 Å². The van der Waals surface area contributed by atoms with Gasteiger partial charge < -0.3 is 18.9 Å². The zero-order valence-corrected chi connectivity index (χ0v) is 16.2. The summed E-state index contributed by atoms with van der Waals surface area (Å²) in [5.41, 5.74) is 2.05. The molecule has 2 rings (SSSR count). The summed E-state index contributed by atoms with van der Waals surface area (Å²) in [5.74, 6) is -0.863. The largest absolute Gasteiger partial charge is 0.463 e. The van der Waals surface area contributed by atoms with Crippen LogP contribution in [0.4, 0.5) is 0 Å². The van der Waals surface area contributed by atoms with Crippen molar-refractivity contribution in [3.63, 3.8) is 0 Å². The second kappa shape index (κ2) is 9.86. The van der Waals surface area contributed by atoms with Crippen LogP contribution >= 0.6 is 0 Å². The molecule has 0 N–H and O–H groups in total. The van der Waals surface area contributed by atoms with Gasteiger partial charge in [-0.05, 0) is 39.7 Å². The molecular weight excluding hydrogens is 332 g/mol. The maximum Gasteiger partial charge on any atom is 0.330 e. The monoisotopic (exact) mass is 362 g/mol. The fourth-order valence-corrected chi connectivity index (χ4v) is 2.97. The lowest BCUT2D eigenvalue weighted by Gasteiger charge is -2.22. The fourth-order valence-electron chi connectivity index (χ4n) is 2.97. The van der Waals surface area contributed by atoms with Crippen LogP contribution in [-0.4, -0.2) is 37.2 Å². The van der Waals surface area contributed by atoms with E-state index >= 15 is 0 Å². The molecule has 1 aliphatic heterocycles. The highest BCUT2D eigenvalue weighted by Crippen LogP contribution is 2.27. The van der Waals surface area contributed by atoms with Gasteiger partial charge in [-0.25, -0.2) is 4.79 Å². The summed E-state index contributed by atoms with van der Waals surface area (Å²) in [7, 11) is 0. The number of esters is 1. The third kappa shape index (κ3) is 7.28. The van der Waals surface area contributed by atoms with Crippen molar-refractivity contribution < 1.29 is 23.7 Å². The van der Waals surface area contributed by atoms with Gasteiger partial charge >= 0.3 is 5.97 Å². The number of carbonyl (C=O) groups excluding carboxylic acids is 1.